The van der Waals surface area contributed by atoms with Gasteiger partial charge in [-0.3, -0.25) is 17.5 Å². The maximum atomic E-state index is 12.6. The average Bonchev–Trinajstić information content (AvgIpc) is 3.06. The molecular formula is C21H23N7O18S6. The smallest absolute Gasteiger partial charge is 0.296 e. The van der Waals surface area contributed by atoms with Gasteiger partial charge in [0.05, 0.1) is 34.5 Å². The number of azo groups is 2. The topological polar surface area (TPSA) is 387 Å². The lowest BCUT2D eigenvalue weighted by atomic mass is 10.3. The lowest BCUT2D eigenvalue weighted by Crippen LogP contribution is -2.12. The van der Waals surface area contributed by atoms with Crippen LogP contribution in [0.25, 0.3) is 0 Å². The molecular weight excluding hydrogens is 831 g/mol. The first-order valence-electron chi connectivity index (χ1n) is 12.9. The highest BCUT2D eigenvalue weighted by Crippen LogP contribution is 2.36. The summed E-state index contributed by atoms with van der Waals surface area (Å²) in [5.74, 6) is -2.19. The van der Waals surface area contributed by atoms with Crippen LogP contribution in [-0.4, -0.2) is 83.0 Å². The van der Waals surface area contributed by atoms with Gasteiger partial charge in [0.2, 0.25) is 0 Å². The molecule has 0 saturated heterocycles. The van der Waals surface area contributed by atoms with Gasteiger partial charge in [0.1, 0.15) is 32.5 Å². The number of rotatable bonds is 20. The summed E-state index contributed by atoms with van der Waals surface area (Å²) in [5, 5.41) is 37.5. The van der Waals surface area contributed by atoms with Crippen molar-refractivity contribution in [3.05, 3.63) is 42.5 Å². The Kier molecular flexibility index (Phi) is 15.3. The first-order valence-corrected chi connectivity index (χ1v) is 20.4. The molecule has 31 heteroatoms. The summed E-state index contributed by atoms with van der Waals surface area (Å²) in [5.41, 5.74) is 9.86. The van der Waals surface area contributed by atoms with Gasteiger partial charge >= 0.3 is 0 Å². The molecule has 52 heavy (non-hydrogen) atoms. The van der Waals surface area contributed by atoms with Gasteiger partial charge in [0, 0.05) is 6.07 Å². The van der Waals surface area contributed by atoms with Gasteiger partial charge < -0.3 is 11.5 Å². The normalized spacial score (nSPS) is 13.0. The molecule has 2 aromatic carbocycles. The second kappa shape index (κ2) is 18.5. The fraction of sp³-hybridized carbons (Fsp3) is 0.190. The minimum Gasteiger partial charge on any atom is -0.382 e. The largest absolute Gasteiger partial charge is 0.382 e. The van der Waals surface area contributed by atoms with Crippen LogP contribution in [0.2, 0.25) is 0 Å². The fourth-order valence-electron chi connectivity index (χ4n) is 3.51. The lowest BCUT2D eigenvalue weighted by molar-refractivity contribution is -0.434. The molecule has 0 aliphatic heterocycles. The summed E-state index contributed by atoms with van der Waals surface area (Å²) < 4.78 is 136. The van der Waals surface area contributed by atoms with E-state index in [9.17, 15) is 42.8 Å². The van der Waals surface area contributed by atoms with Gasteiger partial charge in [0.15, 0.2) is 56.0 Å². The van der Waals surface area contributed by atoms with E-state index in [4.69, 9.17) is 22.0 Å². The molecule has 25 nitrogen and oxygen atoms in total. The van der Waals surface area contributed by atoms with E-state index in [1.165, 1.54) is 0 Å². The lowest BCUT2D eigenvalue weighted by Gasteiger charge is -2.08. The van der Waals surface area contributed by atoms with Crippen LogP contribution in [0.4, 0.5) is 34.4 Å². The molecule has 8 N–H and O–H groups in total. The van der Waals surface area contributed by atoms with Crippen LogP contribution in [0.1, 0.15) is 0 Å². The number of benzene rings is 2. The second-order valence-electron chi connectivity index (χ2n) is 9.11. The Labute approximate surface area is 301 Å². The highest BCUT2D eigenvalue weighted by molar-refractivity contribution is 7.92. The molecule has 0 aliphatic carbocycles. The van der Waals surface area contributed by atoms with Crippen LogP contribution in [-0.2, 0) is 67.0 Å². The molecule has 0 aliphatic rings. The third-order valence-electron chi connectivity index (χ3n) is 5.79. The zero-order valence-electron chi connectivity index (χ0n) is 25.2. The van der Waals surface area contributed by atoms with E-state index in [0.29, 0.717) is 12.1 Å². The summed E-state index contributed by atoms with van der Waals surface area (Å²) in [4.78, 5) is 0.706. The third-order valence-corrected chi connectivity index (χ3v) is 11.7. The quantitative estimate of drug-likeness (QED) is 0.0237. The van der Waals surface area contributed by atoms with E-state index < -0.39 is 107 Å². The highest BCUT2D eigenvalue weighted by atomic mass is 32.2. The van der Waals surface area contributed by atoms with E-state index in [-0.39, 0.29) is 36.0 Å². The SMILES string of the molecule is Nc1nc(N)c(N=Nc2ccc(S(=O)(=O)CCOSOOO)cc2S(=O)(=O)O)cc1N=Nc1ccc(S(=O)(=O)CCOSOOO)cc1S(=O)(=O)O. The van der Waals surface area contributed by atoms with Crippen LogP contribution in [0.3, 0.4) is 0 Å². The van der Waals surface area contributed by atoms with E-state index >= 15 is 0 Å². The number of aromatic nitrogens is 1. The van der Waals surface area contributed by atoms with Crippen molar-refractivity contribution in [3.8, 4) is 0 Å². The Bertz CT molecular complexity index is 2100. The molecule has 0 spiro atoms. The molecule has 0 atom stereocenters. The number of anilines is 2. The van der Waals surface area contributed by atoms with Crippen molar-refractivity contribution in [2.24, 2.45) is 20.5 Å². The van der Waals surface area contributed by atoms with Gasteiger partial charge in [-0.2, -0.15) is 16.8 Å². The predicted molar refractivity (Wildman–Crippen MR) is 175 cm³/mol. The maximum Gasteiger partial charge on any atom is 0.296 e. The molecule has 0 bridgehead atoms. The number of pyridine rings is 1. The molecule has 0 unspecified atom stereocenters. The van der Waals surface area contributed by atoms with Gasteiger partial charge in [0.25, 0.3) is 20.2 Å². The van der Waals surface area contributed by atoms with Crippen molar-refractivity contribution in [3.63, 3.8) is 0 Å². The molecule has 0 saturated carbocycles. The summed E-state index contributed by atoms with van der Waals surface area (Å²) in [7, 11) is -18.6. The Hall–Kier alpha value is -3.51. The molecule has 1 heterocycles. The van der Waals surface area contributed by atoms with E-state index in [0.717, 1.165) is 30.3 Å². The van der Waals surface area contributed by atoms with Gasteiger partial charge in [-0.05, 0) is 36.4 Å². The molecule has 286 valence electrons. The minimum absolute atomic E-state index is 0.110. The zero-order valence-corrected chi connectivity index (χ0v) is 30.1. The van der Waals surface area contributed by atoms with Crippen LogP contribution in [0.15, 0.2) is 82.5 Å². The number of nitrogens with zero attached hydrogens (tertiary/aromatic N) is 5. The van der Waals surface area contributed by atoms with Crippen LogP contribution in [0.5, 0.6) is 0 Å². The summed E-state index contributed by atoms with van der Waals surface area (Å²) >= 11 is 0.220. The van der Waals surface area contributed by atoms with Crippen molar-refractivity contribution in [1.82, 2.24) is 4.98 Å². The van der Waals surface area contributed by atoms with Crippen molar-refractivity contribution in [2.75, 3.05) is 36.2 Å². The second-order valence-corrected chi connectivity index (χ2v) is 17.1. The first-order chi connectivity index (χ1) is 24.3. The third kappa shape index (κ3) is 12.3. The number of hydrogen-bond acceptors (Lipinski definition) is 25. The Morgan fingerprint density at radius 2 is 0.962 bits per heavy atom. The van der Waals surface area contributed by atoms with E-state index in [1.807, 2.05) is 0 Å². The standard InChI is InChI=1S/C21H23N7O18S6/c22-20-16(27-25-14-3-1-12(9-18(14)51(35,36)37)49(31,32)7-5-41-47-45-43-29)11-17(21(23)24-20)28-26-15-4-2-13(10-19(15)52(38,39)40)50(33,34)8-6-42-48-46-44-30/h1-4,9-11,29-30H,5-8H2,(H4,22,23,24)(H,35,36,37)(H,38,39,40). The number of nitrogens with two attached hydrogens (primary N) is 2. The van der Waals surface area contributed by atoms with Gasteiger partial charge in [-0.1, -0.05) is 10.1 Å². The van der Waals surface area contributed by atoms with Crippen LogP contribution in [0, 0.1) is 0 Å². The van der Waals surface area contributed by atoms with Gasteiger partial charge in [-0.15, -0.1) is 29.1 Å². The Balaban J connectivity index is 1.93. The average molecular weight is 854 g/mol. The number of sulfone groups is 2. The van der Waals surface area contributed by atoms with Crippen LogP contribution < -0.4 is 11.5 Å². The molecule has 3 aromatic rings. The maximum absolute atomic E-state index is 12.6. The van der Waals surface area contributed by atoms with Crippen molar-refractivity contribution in [2.45, 2.75) is 19.6 Å². The van der Waals surface area contributed by atoms with Crippen molar-refractivity contribution < 1.29 is 80.4 Å². The number of nitrogen functional groups attached to an aromatic ring is 2. The Morgan fingerprint density at radius 3 is 1.31 bits per heavy atom. The molecule has 0 fully saturated rings. The number of hydrogen-bond donors (Lipinski definition) is 6. The first kappa shape index (κ1) is 42.9. The molecule has 0 amide bonds. The van der Waals surface area contributed by atoms with E-state index in [2.05, 4.69) is 52.6 Å². The summed E-state index contributed by atoms with van der Waals surface area (Å²) in [6.45, 7) is -0.996. The monoisotopic (exact) mass is 853 g/mol. The fourth-order valence-corrected chi connectivity index (χ4v) is 7.82. The predicted octanol–water partition coefficient (Wildman–Crippen LogP) is 3.12. The van der Waals surface area contributed by atoms with Gasteiger partial charge in [-0.25, -0.2) is 32.3 Å². The van der Waals surface area contributed by atoms with E-state index in [1.54, 1.807) is 0 Å². The minimum atomic E-state index is -5.10. The highest BCUT2D eigenvalue weighted by Gasteiger charge is 2.24. The molecule has 1 aromatic heterocycles. The summed E-state index contributed by atoms with van der Waals surface area (Å²) in [6.07, 6.45) is 0. The molecule has 3 rings (SSSR count). The van der Waals surface area contributed by atoms with Crippen molar-refractivity contribution >= 4 is 98.9 Å². The van der Waals surface area contributed by atoms with Crippen LogP contribution >= 0.6 is 24.6 Å². The zero-order chi connectivity index (χ0) is 38.7. The summed E-state index contributed by atoms with van der Waals surface area (Å²) in [6, 6.07) is 5.90. The molecule has 0 radical (unpaired) electrons. The Morgan fingerprint density at radius 1 is 0.596 bits per heavy atom. The van der Waals surface area contributed by atoms with Crippen molar-refractivity contribution in [1.29, 1.82) is 0 Å².